The first-order valence-corrected chi connectivity index (χ1v) is 3.48. The van der Waals surface area contributed by atoms with Crippen LogP contribution in [0.3, 0.4) is 0 Å². The van der Waals surface area contributed by atoms with Gasteiger partial charge in [-0.15, -0.1) is 0 Å². The van der Waals surface area contributed by atoms with Gasteiger partial charge in [-0.3, -0.25) is 0 Å². The first-order chi connectivity index (χ1) is 5.34. The molecule has 0 atom stereocenters. The summed E-state index contributed by atoms with van der Waals surface area (Å²) in [6.45, 7) is 2.18. The number of ether oxygens (including phenoxy) is 1. The highest BCUT2D eigenvalue weighted by Gasteiger charge is 2.12. The third-order valence-corrected chi connectivity index (χ3v) is 1.19. The number of carbonyl (C=O) groups is 1. The topological polar surface area (TPSA) is 30.2 Å². The summed E-state index contributed by atoms with van der Waals surface area (Å²) >= 11 is 0. The molecule has 1 aromatic heterocycles. The molecule has 0 aromatic carbocycles. The van der Waals surface area contributed by atoms with Gasteiger partial charge in [0.2, 0.25) is 0 Å². The number of pyridine rings is 1. The van der Waals surface area contributed by atoms with Crippen LogP contribution in [0.5, 0.6) is 0 Å². The Hall–Kier alpha value is -1.09. The van der Waals surface area contributed by atoms with Gasteiger partial charge in [0, 0.05) is 12.1 Å². The fourth-order valence-electron chi connectivity index (χ4n) is 0.718. The fourth-order valence-corrected chi connectivity index (χ4v) is 0.718. The predicted molar refractivity (Wildman–Crippen MR) is 39.1 cm³/mol. The van der Waals surface area contributed by atoms with E-state index < -0.39 is 0 Å². The minimum absolute atomic E-state index is 0. The average molecular weight is 188 g/mol. The number of halogens is 1. The molecule has 4 heteroatoms. The van der Waals surface area contributed by atoms with Crippen molar-refractivity contribution in [1.82, 2.24) is 0 Å². The molecule has 0 aliphatic rings. The summed E-state index contributed by atoms with van der Waals surface area (Å²) in [7, 11) is 0. The van der Waals surface area contributed by atoms with Crippen molar-refractivity contribution in [3.05, 3.63) is 30.6 Å². The van der Waals surface area contributed by atoms with E-state index in [1.54, 1.807) is 31.5 Å². The van der Waals surface area contributed by atoms with Gasteiger partial charge in [-0.2, -0.15) is 4.79 Å². The standard InChI is InChI=1S/C8H10NO2.ClH/c1-2-11-8(10)9-6-4-3-5-7-9;/h3-7H,2H2,1H3;1H/q+1;/p-1. The second-order valence-corrected chi connectivity index (χ2v) is 1.98. The van der Waals surface area contributed by atoms with Crippen LogP contribution < -0.4 is 17.0 Å². The van der Waals surface area contributed by atoms with Gasteiger partial charge in [-0.05, 0) is 6.92 Å². The lowest BCUT2D eigenvalue weighted by atomic mass is 10.5. The van der Waals surface area contributed by atoms with Gasteiger partial charge in [0.1, 0.15) is 0 Å². The summed E-state index contributed by atoms with van der Waals surface area (Å²) in [4.78, 5) is 11.0. The molecule has 0 spiro atoms. The maximum absolute atomic E-state index is 11.0. The van der Waals surface area contributed by atoms with E-state index in [2.05, 4.69) is 0 Å². The van der Waals surface area contributed by atoms with Crippen LogP contribution in [0.1, 0.15) is 6.92 Å². The molecule has 0 unspecified atom stereocenters. The van der Waals surface area contributed by atoms with Crippen LogP contribution in [-0.2, 0) is 4.74 Å². The highest BCUT2D eigenvalue weighted by Crippen LogP contribution is 1.79. The van der Waals surface area contributed by atoms with E-state index >= 15 is 0 Å². The minimum atomic E-state index is -0.340. The van der Waals surface area contributed by atoms with Crippen LogP contribution in [0.25, 0.3) is 0 Å². The van der Waals surface area contributed by atoms with Gasteiger partial charge in [-0.1, -0.05) is 10.6 Å². The zero-order valence-electron chi connectivity index (χ0n) is 6.74. The molecule has 1 heterocycles. The Morgan fingerprint density at radius 3 is 2.42 bits per heavy atom. The molecule has 0 bridgehead atoms. The normalized spacial score (nSPS) is 8.42. The van der Waals surface area contributed by atoms with Crippen molar-refractivity contribution >= 4 is 6.09 Å². The fraction of sp³-hybridized carbons (Fsp3) is 0.250. The van der Waals surface area contributed by atoms with Gasteiger partial charge < -0.3 is 17.1 Å². The Morgan fingerprint density at radius 1 is 1.33 bits per heavy atom. The lowest BCUT2D eigenvalue weighted by Gasteiger charge is -1.92. The number of rotatable bonds is 1. The molecule has 12 heavy (non-hydrogen) atoms. The SMILES string of the molecule is CCOC(=O)[n+]1ccccc1.[Cl-]. The van der Waals surface area contributed by atoms with Crippen molar-refractivity contribution in [2.75, 3.05) is 6.61 Å². The van der Waals surface area contributed by atoms with E-state index in [1.165, 1.54) is 4.57 Å². The second kappa shape index (κ2) is 5.55. The van der Waals surface area contributed by atoms with Crippen LogP contribution in [0, 0.1) is 0 Å². The third kappa shape index (κ3) is 2.88. The molecule has 0 aliphatic heterocycles. The van der Waals surface area contributed by atoms with E-state index in [-0.39, 0.29) is 18.5 Å². The van der Waals surface area contributed by atoms with Crippen LogP contribution in [0.15, 0.2) is 30.6 Å². The minimum Gasteiger partial charge on any atom is -1.00 e. The lowest BCUT2D eigenvalue weighted by Crippen LogP contribution is -3.00. The molecule has 0 N–H and O–H groups in total. The quantitative estimate of drug-likeness (QED) is 0.476. The monoisotopic (exact) mass is 187 g/mol. The number of aromatic nitrogens is 1. The molecule has 0 fully saturated rings. The molecule has 0 aliphatic carbocycles. The van der Waals surface area contributed by atoms with E-state index in [9.17, 15) is 4.79 Å². The second-order valence-electron chi connectivity index (χ2n) is 1.98. The molecule has 0 saturated carbocycles. The van der Waals surface area contributed by atoms with Crippen molar-refractivity contribution in [3.63, 3.8) is 0 Å². The van der Waals surface area contributed by atoms with Gasteiger partial charge >= 0.3 is 6.09 Å². The number of nitrogens with zero attached hydrogens (tertiary/aromatic N) is 1. The molecular formula is C8H10ClNO2. The van der Waals surface area contributed by atoms with Gasteiger partial charge in [0.25, 0.3) is 0 Å². The summed E-state index contributed by atoms with van der Waals surface area (Å²) in [5, 5.41) is 0. The molecule has 3 nitrogen and oxygen atoms in total. The van der Waals surface area contributed by atoms with Crippen LogP contribution >= 0.6 is 0 Å². The Morgan fingerprint density at radius 2 is 1.92 bits per heavy atom. The number of hydrogen-bond acceptors (Lipinski definition) is 2. The van der Waals surface area contributed by atoms with Crippen LogP contribution in [-0.4, -0.2) is 12.7 Å². The molecular weight excluding hydrogens is 178 g/mol. The Balaban J connectivity index is 0.00000121. The van der Waals surface area contributed by atoms with Crippen molar-refractivity contribution in [2.45, 2.75) is 6.92 Å². The molecule has 0 saturated heterocycles. The smallest absolute Gasteiger partial charge is 0.601 e. The molecule has 1 rings (SSSR count). The highest BCUT2D eigenvalue weighted by atomic mass is 35.5. The third-order valence-electron chi connectivity index (χ3n) is 1.19. The first kappa shape index (κ1) is 10.9. The molecule has 1 aromatic rings. The number of hydrogen-bond donors (Lipinski definition) is 0. The lowest BCUT2D eigenvalue weighted by molar-refractivity contribution is -0.586. The van der Waals surface area contributed by atoms with E-state index in [0.717, 1.165) is 0 Å². The average Bonchev–Trinajstić information content (AvgIpc) is 2.07. The van der Waals surface area contributed by atoms with Gasteiger partial charge in [0.15, 0.2) is 12.4 Å². The maximum atomic E-state index is 11.0. The van der Waals surface area contributed by atoms with Crippen molar-refractivity contribution < 1.29 is 26.5 Å². The molecule has 0 radical (unpaired) electrons. The first-order valence-electron chi connectivity index (χ1n) is 3.48. The number of carbonyl (C=O) groups excluding carboxylic acids is 1. The van der Waals surface area contributed by atoms with E-state index in [1.807, 2.05) is 6.07 Å². The van der Waals surface area contributed by atoms with E-state index in [0.29, 0.717) is 6.61 Å². The summed E-state index contributed by atoms with van der Waals surface area (Å²) in [5.74, 6) is 0. The Bertz CT molecular complexity index is 238. The van der Waals surface area contributed by atoms with Crippen molar-refractivity contribution in [3.8, 4) is 0 Å². The summed E-state index contributed by atoms with van der Waals surface area (Å²) in [5.41, 5.74) is 0. The predicted octanol–water partition coefficient (Wildman–Crippen LogP) is -2.02. The largest absolute Gasteiger partial charge is 1.00 e. The Kier molecular flexibility index (Phi) is 5.04. The zero-order valence-corrected chi connectivity index (χ0v) is 7.49. The molecule has 66 valence electrons. The Labute approximate surface area is 77.4 Å². The van der Waals surface area contributed by atoms with Gasteiger partial charge in [-0.25, -0.2) is 0 Å². The summed E-state index contributed by atoms with van der Waals surface area (Å²) in [6.07, 6.45) is 2.96. The van der Waals surface area contributed by atoms with Crippen LogP contribution in [0.2, 0.25) is 0 Å². The molecule has 0 amide bonds. The van der Waals surface area contributed by atoms with Gasteiger partial charge in [0.05, 0.1) is 6.61 Å². The van der Waals surface area contributed by atoms with Crippen LogP contribution in [0.4, 0.5) is 4.79 Å². The van der Waals surface area contributed by atoms with E-state index in [4.69, 9.17) is 4.74 Å². The maximum Gasteiger partial charge on any atom is 0.601 e. The zero-order chi connectivity index (χ0) is 8.10. The van der Waals surface area contributed by atoms with Crippen molar-refractivity contribution in [1.29, 1.82) is 0 Å². The highest BCUT2D eigenvalue weighted by molar-refractivity contribution is 5.56. The summed E-state index contributed by atoms with van der Waals surface area (Å²) in [6, 6.07) is 5.39. The summed E-state index contributed by atoms with van der Waals surface area (Å²) < 4.78 is 6.14. The van der Waals surface area contributed by atoms with Crippen molar-refractivity contribution in [2.24, 2.45) is 0 Å².